The van der Waals surface area contributed by atoms with E-state index in [1.807, 2.05) is 12.3 Å². The monoisotopic (exact) mass is 404 g/mol. The van der Waals surface area contributed by atoms with E-state index in [1.54, 1.807) is 18.4 Å². The number of nitrogens with zero attached hydrogens (tertiary/aromatic N) is 1. The Hall–Kier alpha value is -2.76. The van der Waals surface area contributed by atoms with Crippen molar-refractivity contribution in [1.29, 1.82) is 0 Å². The SMILES string of the molecule is COCCCNC(=O)c1sc2c(cnc3ccc(C)cc32)c1-c1ccc(C)cc1. The van der Waals surface area contributed by atoms with Crippen LogP contribution in [0.5, 0.6) is 0 Å². The molecule has 148 valence electrons. The molecular weight excluding hydrogens is 380 g/mol. The minimum Gasteiger partial charge on any atom is -0.385 e. The van der Waals surface area contributed by atoms with Crippen molar-refractivity contribution in [3.63, 3.8) is 0 Å². The van der Waals surface area contributed by atoms with Crippen LogP contribution in [-0.4, -0.2) is 31.2 Å². The number of benzene rings is 2. The van der Waals surface area contributed by atoms with Gasteiger partial charge in [0.15, 0.2) is 0 Å². The van der Waals surface area contributed by atoms with Crippen LogP contribution in [0.2, 0.25) is 0 Å². The van der Waals surface area contributed by atoms with Gasteiger partial charge < -0.3 is 10.1 Å². The second kappa shape index (κ2) is 8.31. The molecule has 5 heteroatoms. The molecule has 2 heterocycles. The number of nitrogens with one attached hydrogen (secondary N) is 1. The van der Waals surface area contributed by atoms with Gasteiger partial charge in [-0.3, -0.25) is 9.78 Å². The number of methoxy groups -OCH3 is 1. The molecular formula is C24H24N2O2S. The summed E-state index contributed by atoms with van der Waals surface area (Å²) in [5.74, 6) is -0.0429. The highest BCUT2D eigenvalue weighted by Gasteiger charge is 2.21. The molecule has 1 amide bonds. The van der Waals surface area contributed by atoms with Crippen molar-refractivity contribution in [1.82, 2.24) is 10.3 Å². The second-order valence-corrected chi connectivity index (χ2v) is 8.32. The molecule has 0 atom stereocenters. The summed E-state index contributed by atoms with van der Waals surface area (Å²) in [6, 6.07) is 14.6. The molecule has 4 aromatic rings. The number of thiophene rings is 1. The maximum absolute atomic E-state index is 13.1. The van der Waals surface area contributed by atoms with Gasteiger partial charge in [0.25, 0.3) is 5.91 Å². The summed E-state index contributed by atoms with van der Waals surface area (Å²) in [7, 11) is 1.67. The minimum absolute atomic E-state index is 0.0429. The van der Waals surface area contributed by atoms with Crippen LogP contribution in [-0.2, 0) is 4.74 Å². The van der Waals surface area contributed by atoms with E-state index in [4.69, 9.17) is 4.74 Å². The van der Waals surface area contributed by atoms with Crippen molar-refractivity contribution < 1.29 is 9.53 Å². The average molecular weight is 405 g/mol. The molecule has 4 nitrogen and oxygen atoms in total. The number of hydrogen-bond acceptors (Lipinski definition) is 4. The highest BCUT2D eigenvalue weighted by Crippen LogP contribution is 2.41. The van der Waals surface area contributed by atoms with Gasteiger partial charge in [-0.1, -0.05) is 41.5 Å². The van der Waals surface area contributed by atoms with E-state index in [9.17, 15) is 4.79 Å². The number of amides is 1. The molecule has 0 spiro atoms. The van der Waals surface area contributed by atoms with E-state index in [0.29, 0.717) is 13.2 Å². The molecule has 0 saturated carbocycles. The number of rotatable bonds is 6. The van der Waals surface area contributed by atoms with Gasteiger partial charge in [0.05, 0.1) is 5.52 Å². The quantitative estimate of drug-likeness (QED) is 0.432. The standard InChI is InChI=1S/C24H24N2O2S/c1-15-5-8-17(9-6-15)21-19-14-26-20-10-7-16(2)13-18(20)22(19)29-23(21)24(27)25-11-4-12-28-3/h5-10,13-14H,4,11-12H2,1-3H3,(H,25,27). The molecule has 29 heavy (non-hydrogen) atoms. The Morgan fingerprint density at radius 1 is 1.07 bits per heavy atom. The first kappa shape index (κ1) is 19.6. The molecule has 2 aromatic carbocycles. The maximum Gasteiger partial charge on any atom is 0.262 e. The number of aryl methyl sites for hydroxylation is 2. The summed E-state index contributed by atoms with van der Waals surface area (Å²) < 4.78 is 6.19. The zero-order valence-corrected chi connectivity index (χ0v) is 17.7. The third-order valence-electron chi connectivity index (χ3n) is 5.03. The first-order valence-electron chi connectivity index (χ1n) is 9.74. The first-order valence-corrected chi connectivity index (χ1v) is 10.6. The molecule has 2 aromatic heterocycles. The number of fused-ring (bicyclic) bond motifs is 3. The third kappa shape index (κ3) is 3.88. The molecule has 4 rings (SSSR count). The van der Waals surface area contributed by atoms with Crippen molar-refractivity contribution in [2.45, 2.75) is 20.3 Å². The van der Waals surface area contributed by atoms with Gasteiger partial charge in [0.2, 0.25) is 0 Å². The number of pyridine rings is 1. The lowest BCUT2D eigenvalue weighted by molar-refractivity contribution is 0.0953. The first-order chi connectivity index (χ1) is 14.1. The average Bonchev–Trinajstić information content (AvgIpc) is 3.12. The summed E-state index contributed by atoms with van der Waals surface area (Å²) in [6.45, 7) is 5.37. The van der Waals surface area contributed by atoms with Crippen molar-refractivity contribution in [3.05, 3.63) is 64.7 Å². The van der Waals surface area contributed by atoms with Crippen LogP contribution in [0.15, 0.2) is 48.7 Å². The van der Waals surface area contributed by atoms with Crippen molar-refractivity contribution in [2.75, 3.05) is 20.3 Å². The van der Waals surface area contributed by atoms with Crippen LogP contribution in [0.4, 0.5) is 0 Å². The van der Waals surface area contributed by atoms with Crippen molar-refractivity contribution in [3.8, 4) is 11.1 Å². The van der Waals surface area contributed by atoms with Crippen LogP contribution < -0.4 is 5.32 Å². The zero-order chi connectivity index (χ0) is 20.4. The fraction of sp³-hybridized carbons (Fsp3) is 0.250. The molecule has 0 fully saturated rings. The van der Waals surface area contributed by atoms with Crippen molar-refractivity contribution >= 4 is 38.2 Å². The van der Waals surface area contributed by atoms with Crippen LogP contribution in [0.3, 0.4) is 0 Å². The Bertz CT molecular complexity index is 1180. The van der Waals surface area contributed by atoms with Gasteiger partial charge in [0.1, 0.15) is 4.88 Å². The molecule has 0 aliphatic heterocycles. The minimum atomic E-state index is -0.0429. The third-order valence-corrected chi connectivity index (χ3v) is 6.27. The Labute approximate surface area is 174 Å². The molecule has 0 saturated heterocycles. The summed E-state index contributed by atoms with van der Waals surface area (Å²) in [5, 5.41) is 5.17. The lowest BCUT2D eigenvalue weighted by atomic mass is 10.00. The highest BCUT2D eigenvalue weighted by atomic mass is 32.1. The Morgan fingerprint density at radius 2 is 1.83 bits per heavy atom. The highest BCUT2D eigenvalue weighted by molar-refractivity contribution is 7.22. The lowest BCUT2D eigenvalue weighted by Gasteiger charge is -2.07. The van der Waals surface area contributed by atoms with Gasteiger partial charge in [-0.05, 0) is 38.0 Å². The van der Waals surface area contributed by atoms with E-state index < -0.39 is 0 Å². The Balaban J connectivity index is 1.88. The molecule has 0 bridgehead atoms. The normalized spacial score (nSPS) is 11.3. The predicted octanol–water partition coefficient (Wildman–Crippen LogP) is 5.50. The summed E-state index contributed by atoms with van der Waals surface area (Å²) in [4.78, 5) is 18.5. The van der Waals surface area contributed by atoms with Gasteiger partial charge in [-0.2, -0.15) is 0 Å². The van der Waals surface area contributed by atoms with Crippen LogP contribution in [0.25, 0.3) is 32.1 Å². The van der Waals surface area contributed by atoms with E-state index in [0.717, 1.165) is 43.4 Å². The second-order valence-electron chi connectivity index (χ2n) is 7.30. The number of aromatic nitrogens is 1. The lowest BCUT2D eigenvalue weighted by Crippen LogP contribution is -2.24. The summed E-state index contributed by atoms with van der Waals surface area (Å²) in [5.41, 5.74) is 5.33. The zero-order valence-electron chi connectivity index (χ0n) is 16.9. The maximum atomic E-state index is 13.1. The van der Waals surface area contributed by atoms with E-state index in [-0.39, 0.29) is 5.91 Å². The van der Waals surface area contributed by atoms with Gasteiger partial charge in [-0.25, -0.2) is 0 Å². The van der Waals surface area contributed by atoms with Crippen LogP contribution >= 0.6 is 11.3 Å². The number of ether oxygens (including phenoxy) is 1. The summed E-state index contributed by atoms with van der Waals surface area (Å²) >= 11 is 1.55. The fourth-order valence-corrected chi connectivity index (χ4v) is 4.75. The van der Waals surface area contributed by atoms with Gasteiger partial charge >= 0.3 is 0 Å². The number of carbonyl (C=O) groups excluding carboxylic acids is 1. The Kier molecular flexibility index (Phi) is 5.60. The fourth-order valence-electron chi connectivity index (χ4n) is 3.51. The molecule has 0 aliphatic carbocycles. The van der Waals surface area contributed by atoms with E-state index in [1.165, 1.54) is 11.1 Å². The largest absolute Gasteiger partial charge is 0.385 e. The molecule has 1 N–H and O–H groups in total. The van der Waals surface area contributed by atoms with Crippen LogP contribution in [0, 0.1) is 13.8 Å². The van der Waals surface area contributed by atoms with Gasteiger partial charge in [0, 0.05) is 47.5 Å². The number of carbonyl (C=O) groups is 1. The Morgan fingerprint density at radius 3 is 2.59 bits per heavy atom. The molecule has 0 radical (unpaired) electrons. The van der Waals surface area contributed by atoms with E-state index >= 15 is 0 Å². The molecule has 0 aliphatic rings. The smallest absolute Gasteiger partial charge is 0.262 e. The predicted molar refractivity (Wildman–Crippen MR) is 121 cm³/mol. The van der Waals surface area contributed by atoms with Crippen LogP contribution in [0.1, 0.15) is 27.2 Å². The number of hydrogen-bond donors (Lipinski definition) is 1. The summed E-state index contributed by atoms with van der Waals surface area (Å²) in [6.07, 6.45) is 2.69. The van der Waals surface area contributed by atoms with E-state index in [2.05, 4.69) is 60.5 Å². The van der Waals surface area contributed by atoms with Crippen molar-refractivity contribution in [2.24, 2.45) is 0 Å². The van der Waals surface area contributed by atoms with Gasteiger partial charge in [-0.15, -0.1) is 11.3 Å². The molecule has 0 unspecified atom stereocenters. The topological polar surface area (TPSA) is 51.2 Å².